The van der Waals surface area contributed by atoms with E-state index in [1.807, 2.05) is 140 Å². The van der Waals surface area contributed by atoms with Crippen LogP contribution in [0.3, 0.4) is 0 Å². The van der Waals surface area contributed by atoms with Crippen molar-refractivity contribution >= 4 is 76.8 Å². The van der Waals surface area contributed by atoms with Crippen LogP contribution in [0.5, 0.6) is 0 Å². The van der Waals surface area contributed by atoms with Gasteiger partial charge in [-0.2, -0.15) is 17.6 Å². The quantitative estimate of drug-likeness (QED) is 0.0106. The fourth-order valence-electron chi connectivity index (χ4n) is 11.9. The van der Waals surface area contributed by atoms with E-state index in [0.29, 0.717) is 65.4 Å². The number of hydrogen-bond acceptors (Lipinski definition) is 14. The number of rotatable bonds is 25. The van der Waals surface area contributed by atoms with Crippen LogP contribution in [0.4, 0.5) is 43.9 Å². The number of hydrogen-bond donors (Lipinski definition) is 4. The first-order chi connectivity index (χ1) is 50.9. The van der Waals surface area contributed by atoms with Crippen molar-refractivity contribution < 1.29 is 102 Å². The smallest absolute Gasteiger partial charge is 0.376 e. The molecule has 0 saturated carbocycles. The topological polar surface area (TPSA) is 246 Å². The largest absolute Gasteiger partial charge is 0.462 e. The number of likely N-dealkylation sites (tertiary alicyclic amines) is 4. The molecule has 5 N–H and O–H groups in total. The van der Waals surface area contributed by atoms with Crippen LogP contribution in [0.1, 0.15) is 172 Å². The summed E-state index contributed by atoms with van der Waals surface area (Å²) in [6, 6.07) is 45.3. The highest BCUT2D eigenvalue weighted by Gasteiger charge is 2.51. The van der Waals surface area contributed by atoms with Crippen LogP contribution in [0, 0.1) is 17.8 Å². The third-order valence-corrected chi connectivity index (χ3v) is 18.5. The zero-order valence-corrected chi connectivity index (χ0v) is 64.5. The Morgan fingerprint density at radius 2 is 0.954 bits per heavy atom. The van der Waals surface area contributed by atoms with Crippen molar-refractivity contribution in [2.24, 2.45) is 23.5 Å². The number of halogens is 12. The molecule has 0 spiro atoms. The van der Waals surface area contributed by atoms with Gasteiger partial charge in [-0.15, -0.1) is 11.6 Å². The van der Waals surface area contributed by atoms with E-state index in [1.165, 1.54) is 27.9 Å². The minimum Gasteiger partial charge on any atom is -0.462 e. The minimum atomic E-state index is -3.69. The normalized spacial score (nSPS) is 18.6. The van der Waals surface area contributed by atoms with E-state index in [2.05, 4.69) is 23.8 Å². The number of nitrogens with zero attached hydrogens (tertiary/aromatic N) is 4. The molecular weight excluding hydrogens is 1480 g/mol. The molecule has 602 valence electrons. The van der Waals surface area contributed by atoms with Crippen molar-refractivity contribution in [1.29, 1.82) is 0 Å². The first-order valence-electron chi connectivity index (χ1n) is 35.7. The average Bonchev–Trinajstić information content (AvgIpc) is 1.71. The van der Waals surface area contributed by atoms with Crippen molar-refractivity contribution in [2.75, 3.05) is 38.7 Å². The Hall–Kier alpha value is -7.96. The van der Waals surface area contributed by atoms with Crippen LogP contribution < -0.4 is 11.0 Å². The molecule has 4 aliphatic heterocycles. The van der Waals surface area contributed by atoms with Gasteiger partial charge in [0.2, 0.25) is 34.7 Å². The summed E-state index contributed by atoms with van der Waals surface area (Å²) in [4.78, 5) is 99.0. The van der Waals surface area contributed by atoms with E-state index < -0.39 is 109 Å². The number of nitrogens with two attached hydrogens (primary N) is 1. The van der Waals surface area contributed by atoms with E-state index in [1.54, 1.807) is 42.2 Å². The van der Waals surface area contributed by atoms with Gasteiger partial charge in [-0.25, -0.2) is 31.1 Å². The zero-order chi connectivity index (χ0) is 82.3. The Labute approximate surface area is 641 Å². The van der Waals surface area contributed by atoms with E-state index in [4.69, 9.17) is 33.7 Å². The molecule has 4 saturated heterocycles. The molecule has 11 atom stereocenters. The van der Waals surface area contributed by atoms with Gasteiger partial charge in [0.15, 0.2) is 12.1 Å². The number of alkyl halides is 11. The van der Waals surface area contributed by atoms with E-state index in [-0.39, 0.29) is 67.9 Å². The van der Waals surface area contributed by atoms with Crippen molar-refractivity contribution in [1.82, 2.24) is 24.8 Å². The van der Waals surface area contributed by atoms with Gasteiger partial charge in [0, 0.05) is 78.6 Å². The van der Waals surface area contributed by atoms with Crippen LogP contribution >= 0.6 is 23.2 Å². The Morgan fingerprint density at radius 3 is 1.25 bits per heavy atom. The molecule has 0 radical (unpaired) electrons. The number of aliphatic hydroxyl groups is 1. The summed E-state index contributed by atoms with van der Waals surface area (Å²) in [6.07, 6.45) is -4.09. The van der Waals surface area contributed by atoms with Gasteiger partial charge in [0.05, 0.1) is 42.6 Å². The van der Waals surface area contributed by atoms with Crippen LogP contribution in [-0.2, 0) is 47.8 Å². The highest BCUT2D eigenvalue weighted by Crippen LogP contribution is 2.38. The average molecular weight is 1590 g/mol. The molecule has 5 aromatic rings. The molecule has 4 fully saturated rings. The fourth-order valence-corrected chi connectivity index (χ4v) is 12.2. The molecule has 31 heteroatoms. The summed E-state index contributed by atoms with van der Waals surface area (Å²) in [5.74, 6) is -22.4. The fraction of sp³-hybridized carbons (Fsp3) is 0.513. The summed E-state index contributed by atoms with van der Waals surface area (Å²) >= 11 is 10.2. The molecule has 18 nitrogen and oxygen atoms in total. The second kappa shape index (κ2) is 45.4. The van der Waals surface area contributed by atoms with Crippen LogP contribution in [0.15, 0.2) is 152 Å². The lowest BCUT2D eigenvalue weighted by molar-refractivity contribution is -0.174. The number of Topliss-reactive ketones (excluding diaryl/α,β-unsaturated/α-hetero) is 1. The molecule has 0 aliphatic carbocycles. The Kier molecular flexibility index (Phi) is 39.7. The van der Waals surface area contributed by atoms with Gasteiger partial charge in [0.25, 0.3) is 18.3 Å². The number of amides is 4. The SMILES string of the molecule is CB(O)N[C@H](C(=O)OC(C(F)F)C1CCN([C@H](C)c2ccccc2)C1=O)C(C)(F)F.CCOC(=O)C(C)(F)F.C[C@@H](N)c1ccccc1.C[C@H](c1ccccc1)N1CCC(C(=O)C(C)(F)F)C1=O.C[C@H](c1ccccc1)N1CCC(C(O)C(C)(F)F)C1=O.C[C@H](c1ccccc1)N1CCCC1=O.O=C(Cl)CCCCl. The molecule has 5 aromatic carbocycles. The molecule has 0 aromatic heterocycles. The molecule has 4 aliphatic rings. The number of esters is 2. The second-order valence-electron chi connectivity index (χ2n) is 26.8. The summed E-state index contributed by atoms with van der Waals surface area (Å²) in [5, 5.41) is 20.5. The lowest BCUT2D eigenvalue weighted by Crippen LogP contribution is -2.56. The molecule has 4 heterocycles. The third kappa shape index (κ3) is 31.0. The molecule has 0 bridgehead atoms. The summed E-state index contributed by atoms with van der Waals surface area (Å²) < 4.78 is 140. The first kappa shape index (κ1) is 95.2. The highest BCUT2D eigenvalue weighted by atomic mass is 35.5. The maximum atomic E-state index is 13.7. The van der Waals surface area contributed by atoms with Gasteiger partial charge in [-0.1, -0.05) is 152 Å². The summed E-state index contributed by atoms with van der Waals surface area (Å²) in [6.45, 7) is 16.0. The number of carbonyl (C=O) groups excluding carboxylic acids is 8. The van der Waals surface area contributed by atoms with Gasteiger partial charge >= 0.3 is 30.8 Å². The second-order valence-corrected chi connectivity index (χ2v) is 27.6. The van der Waals surface area contributed by atoms with Crippen molar-refractivity contribution in [3.63, 3.8) is 0 Å². The zero-order valence-electron chi connectivity index (χ0n) is 63.0. The molecule has 109 heavy (non-hydrogen) atoms. The van der Waals surface area contributed by atoms with Gasteiger partial charge in [-0.05, 0) is 120 Å². The predicted octanol–water partition coefficient (Wildman–Crippen LogP) is 15.0. The number of ketones is 1. The van der Waals surface area contributed by atoms with Gasteiger partial charge < -0.3 is 50.2 Å². The van der Waals surface area contributed by atoms with Crippen LogP contribution in [0.2, 0.25) is 6.82 Å². The lowest BCUT2D eigenvalue weighted by Gasteiger charge is -2.29. The number of ether oxygens (including phenoxy) is 2. The molecular formula is C78H101BCl2F10N6O12. The van der Waals surface area contributed by atoms with E-state index >= 15 is 0 Å². The number of carbonyl (C=O) groups is 8. The summed E-state index contributed by atoms with van der Waals surface area (Å²) in [5.41, 5.74) is 10.7. The van der Waals surface area contributed by atoms with E-state index in [0.717, 1.165) is 42.9 Å². The number of aliphatic hydroxyl groups excluding tert-OH is 1. The monoisotopic (exact) mass is 1580 g/mol. The third-order valence-electron chi connectivity index (χ3n) is 18.1. The number of nitrogens with one attached hydrogen (secondary N) is 1. The van der Waals surface area contributed by atoms with Crippen molar-refractivity contribution in [2.45, 2.75) is 200 Å². The first-order valence-corrected chi connectivity index (χ1v) is 36.6. The summed E-state index contributed by atoms with van der Waals surface area (Å²) in [7, 11) is -1.51. The van der Waals surface area contributed by atoms with Crippen LogP contribution in [-0.4, -0.2) is 170 Å². The Balaban J connectivity index is 0.000000347. The Bertz CT molecular complexity index is 3590. The van der Waals surface area contributed by atoms with Crippen LogP contribution in [0.25, 0.3) is 0 Å². The van der Waals surface area contributed by atoms with Gasteiger partial charge in [0.1, 0.15) is 12.0 Å². The molecule has 4 amide bonds. The lowest BCUT2D eigenvalue weighted by atomic mass is 9.86. The number of benzene rings is 5. The maximum absolute atomic E-state index is 13.7. The predicted molar refractivity (Wildman–Crippen MR) is 396 cm³/mol. The molecule has 5 unspecified atom stereocenters. The maximum Gasteiger partial charge on any atom is 0.376 e. The Morgan fingerprint density at radius 1 is 0.578 bits per heavy atom. The standard InChI is InChI=1S/C19H25BF4N2O4.C15H19F2NO2.C15H17F2NO2.C12H15NO.C8H11N.C5H8F2O2.C4H6Cl2O/c1-11(12-7-5-4-6-8-12)26-10-9-13(17(26)27)14(16(21)22)30-18(28)15(19(2,23)24)25-20(3)29;2*1-10(11-6-4-3-5-7-11)18-9-8-12(14(18)20)13(19)15(2,16)17;1-10(11-6-3-2-4-7-11)13-9-5-8-12(13)14;1-7(9)8-5-3-2-4-6-8;1-3-9-4(8)5(2,6)7;5-3-1-2-4(6)7/h4-8,11,13-16,25,29H,9-10H2,1-3H3;3-7,10,12-13,19H,8-9H2,1-2H3;3-7,10,12H,8-9H2,1-2H3;2-4,6-7,10H,5,8-9H2,1H3;2-7H,9H2,1H3;3H2,1-2H3;1-3H2/t11-,13?,14?,15-;10-,12?,13?;10-,12?;10-;7-;;/m11111../s1. The van der Waals surface area contributed by atoms with Crippen molar-refractivity contribution in [3.8, 4) is 0 Å². The van der Waals surface area contributed by atoms with E-state index in [9.17, 15) is 92.4 Å². The minimum absolute atomic E-state index is 0.00465. The highest BCUT2D eigenvalue weighted by molar-refractivity contribution is 6.63. The molecule has 9 rings (SSSR count). The van der Waals surface area contributed by atoms with Gasteiger partial charge in [-0.3, -0.25) is 33.6 Å². The van der Waals surface area contributed by atoms with Crippen molar-refractivity contribution in [3.05, 3.63) is 179 Å².